The molecule has 4 heteroatoms. The SMILES string of the molecule is CC(=O)N1CCC(NC(C(C)C)C(CO)C(C)C)CC1. The lowest BCUT2D eigenvalue weighted by Crippen LogP contribution is -2.52. The van der Waals surface area contributed by atoms with Gasteiger partial charge in [-0.15, -0.1) is 0 Å². The highest BCUT2D eigenvalue weighted by atomic mass is 16.3. The lowest BCUT2D eigenvalue weighted by molar-refractivity contribution is -0.129. The number of aliphatic hydroxyl groups is 1. The van der Waals surface area contributed by atoms with E-state index in [-0.39, 0.29) is 12.5 Å². The fourth-order valence-corrected chi connectivity index (χ4v) is 3.18. The molecule has 0 aromatic carbocycles. The summed E-state index contributed by atoms with van der Waals surface area (Å²) >= 11 is 0. The molecule has 0 spiro atoms. The van der Waals surface area contributed by atoms with Crippen LogP contribution in [0.25, 0.3) is 0 Å². The van der Waals surface area contributed by atoms with E-state index >= 15 is 0 Å². The summed E-state index contributed by atoms with van der Waals surface area (Å²) in [4.78, 5) is 13.3. The van der Waals surface area contributed by atoms with Crippen molar-refractivity contribution in [2.45, 2.75) is 59.5 Å². The van der Waals surface area contributed by atoms with Crippen molar-refractivity contribution in [3.8, 4) is 0 Å². The van der Waals surface area contributed by atoms with E-state index in [0.29, 0.717) is 29.8 Å². The van der Waals surface area contributed by atoms with Crippen LogP contribution in [-0.2, 0) is 4.79 Å². The molecular formula is C16H32N2O2. The van der Waals surface area contributed by atoms with E-state index < -0.39 is 0 Å². The topological polar surface area (TPSA) is 52.6 Å². The number of likely N-dealkylation sites (tertiary alicyclic amines) is 1. The summed E-state index contributed by atoms with van der Waals surface area (Å²) in [6.07, 6.45) is 2.03. The van der Waals surface area contributed by atoms with Crippen LogP contribution in [0.15, 0.2) is 0 Å². The number of carbonyl (C=O) groups excluding carboxylic acids is 1. The first kappa shape index (κ1) is 17.4. The largest absolute Gasteiger partial charge is 0.396 e. The Balaban J connectivity index is 2.57. The van der Waals surface area contributed by atoms with Crippen LogP contribution >= 0.6 is 0 Å². The zero-order valence-corrected chi connectivity index (χ0v) is 13.7. The van der Waals surface area contributed by atoms with E-state index in [1.54, 1.807) is 6.92 Å². The third kappa shape index (κ3) is 4.74. The van der Waals surface area contributed by atoms with Gasteiger partial charge in [0.05, 0.1) is 0 Å². The van der Waals surface area contributed by atoms with Gasteiger partial charge in [-0.2, -0.15) is 0 Å². The number of aliphatic hydroxyl groups excluding tert-OH is 1. The minimum atomic E-state index is 0.180. The second kappa shape index (κ2) is 7.99. The first-order valence-corrected chi connectivity index (χ1v) is 7.99. The predicted octanol–water partition coefficient (Wildman–Crippen LogP) is 1.88. The molecule has 0 aromatic heterocycles. The van der Waals surface area contributed by atoms with Crippen LogP contribution < -0.4 is 5.32 Å². The molecule has 4 nitrogen and oxygen atoms in total. The molecule has 0 aromatic rings. The number of nitrogens with one attached hydrogen (secondary N) is 1. The van der Waals surface area contributed by atoms with E-state index in [1.165, 1.54) is 0 Å². The number of hydrogen-bond acceptors (Lipinski definition) is 3. The van der Waals surface area contributed by atoms with Gasteiger partial charge in [-0.25, -0.2) is 0 Å². The molecule has 1 heterocycles. The summed E-state index contributed by atoms with van der Waals surface area (Å²) < 4.78 is 0. The van der Waals surface area contributed by atoms with Gasteiger partial charge in [0.2, 0.25) is 5.91 Å². The highest BCUT2D eigenvalue weighted by molar-refractivity contribution is 5.73. The molecule has 0 radical (unpaired) electrons. The van der Waals surface area contributed by atoms with E-state index in [9.17, 15) is 9.90 Å². The molecule has 2 atom stereocenters. The summed E-state index contributed by atoms with van der Waals surface area (Å²) in [6.45, 7) is 12.4. The van der Waals surface area contributed by atoms with Crippen LogP contribution in [0, 0.1) is 17.8 Å². The quantitative estimate of drug-likeness (QED) is 0.783. The van der Waals surface area contributed by atoms with Gasteiger partial charge >= 0.3 is 0 Å². The molecule has 1 aliphatic heterocycles. The van der Waals surface area contributed by atoms with Crippen molar-refractivity contribution in [1.29, 1.82) is 0 Å². The third-order valence-electron chi connectivity index (χ3n) is 4.62. The van der Waals surface area contributed by atoms with Crippen LogP contribution in [0.2, 0.25) is 0 Å². The molecule has 2 unspecified atom stereocenters. The van der Waals surface area contributed by atoms with Crippen LogP contribution in [0.4, 0.5) is 0 Å². The molecule has 1 aliphatic rings. The van der Waals surface area contributed by atoms with Crippen molar-refractivity contribution in [3.63, 3.8) is 0 Å². The average Bonchev–Trinajstić information content (AvgIpc) is 2.38. The standard InChI is InChI=1S/C16H32N2O2/c1-11(2)15(10-19)16(12(3)4)17-14-6-8-18(9-7-14)13(5)20/h11-12,14-17,19H,6-10H2,1-5H3. The summed E-state index contributed by atoms with van der Waals surface area (Å²) in [5.74, 6) is 1.44. The maximum absolute atomic E-state index is 11.4. The van der Waals surface area contributed by atoms with Gasteiger partial charge in [-0.05, 0) is 30.6 Å². The zero-order valence-electron chi connectivity index (χ0n) is 13.7. The van der Waals surface area contributed by atoms with Crippen molar-refractivity contribution >= 4 is 5.91 Å². The number of carbonyl (C=O) groups is 1. The van der Waals surface area contributed by atoms with Gasteiger partial charge in [-0.3, -0.25) is 4.79 Å². The molecule has 2 N–H and O–H groups in total. The van der Waals surface area contributed by atoms with Crippen LogP contribution in [-0.4, -0.2) is 47.7 Å². The van der Waals surface area contributed by atoms with Gasteiger partial charge in [0.15, 0.2) is 0 Å². The summed E-state index contributed by atoms with van der Waals surface area (Å²) in [5.41, 5.74) is 0. The Morgan fingerprint density at radius 1 is 1.20 bits per heavy atom. The molecule has 1 saturated heterocycles. The Hall–Kier alpha value is -0.610. The van der Waals surface area contributed by atoms with Crippen molar-refractivity contribution in [1.82, 2.24) is 10.2 Å². The molecule has 0 aliphatic carbocycles. The molecular weight excluding hydrogens is 252 g/mol. The highest BCUT2D eigenvalue weighted by Crippen LogP contribution is 2.23. The zero-order chi connectivity index (χ0) is 15.3. The van der Waals surface area contributed by atoms with E-state index in [1.807, 2.05) is 4.90 Å². The van der Waals surface area contributed by atoms with Gasteiger partial charge < -0.3 is 15.3 Å². The Morgan fingerprint density at radius 3 is 2.10 bits per heavy atom. The molecule has 118 valence electrons. The van der Waals surface area contributed by atoms with Crippen LogP contribution in [0.1, 0.15) is 47.5 Å². The Morgan fingerprint density at radius 2 is 1.75 bits per heavy atom. The summed E-state index contributed by atoms with van der Waals surface area (Å²) in [5, 5.41) is 13.4. The first-order chi connectivity index (χ1) is 9.36. The van der Waals surface area contributed by atoms with Gasteiger partial charge in [0.25, 0.3) is 0 Å². The number of amides is 1. The van der Waals surface area contributed by atoms with Crippen LogP contribution in [0.3, 0.4) is 0 Å². The van der Waals surface area contributed by atoms with Crippen molar-refractivity contribution in [3.05, 3.63) is 0 Å². The normalized spacial score (nSPS) is 20.5. The summed E-state index contributed by atoms with van der Waals surface area (Å²) in [6, 6.07) is 0.805. The summed E-state index contributed by atoms with van der Waals surface area (Å²) in [7, 11) is 0. The van der Waals surface area contributed by atoms with E-state index in [0.717, 1.165) is 25.9 Å². The second-order valence-corrected chi connectivity index (χ2v) is 6.81. The fourth-order valence-electron chi connectivity index (χ4n) is 3.18. The van der Waals surface area contributed by atoms with Gasteiger partial charge in [0.1, 0.15) is 0 Å². The van der Waals surface area contributed by atoms with Gasteiger partial charge in [-0.1, -0.05) is 27.7 Å². The third-order valence-corrected chi connectivity index (χ3v) is 4.62. The first-order valence-electron chi connectivity index (χ1n) is 7.99. The molecule has 1 fully saturated rings. The molecule has 0 saturated carbocycles. The fraction of sp³-hybridized carbons (Fsp3) is 0.938. The Kier molecular flexibility index (Phi) is 6.96. The Labute approximate surface area is 123 Å². The predicted molar refractivity (Wildman–Crippen MR) is 82.5 cm³/mol. The number of rotatable bonds is 6. The number of hydrogen-bond donors (Lipinski definition) is 2. The smallest absolute Gasteiger partial charge is 0.219 e. The van der Waals surface area contributed by atoms with Crippen LogP contribution in [0.5, 0.6) is 0 Å². The lowest BCUT2D eigenvalue weighted by Gasteiger charge is -2.39. The lowest BCUT2D eigenvalue weighted by atomic mass is 9.82. The minimum Gasteiger partial charge on any atom is -0.396 e. The maximum atomic E-state index is 11.4. The number of piperidine rings is 1. The Bertz CT molecular complexity index is 297. The highest BCUT2D eigenvalue weighted by Gasteiger charge is 2.30. The van der Waals surface area contributed by atoms with Crippen molar-refractivity contribution in [2.75, 3.05) is 19.7 Å². The molecule has 1 rings (SSSR count). The second-order valence-electron chi connectivity index (χ2n) is 6.81. The monoisotopic (exact) mass is 284 g/mol. The number of nitrogens with zero attached hydrogens (tertiary/aromatic N) is 1. The molecule has 20 heavy (non-hydrogen) atoms. The van der Waals surface area contributed by atoms with Crippen molar-refractivity contribution in [2.24, 2.45) is 17.8 Å². The molecule has 1 amide bonds. The van der Waals surface area contributed by atoms with E-state index in [2.05, 4.69) is 33.0 Å². The van der Waals surface area contributed by atoms with E-state index in [4.69, 9.17) is 0 Å². The minimum absolute atomic E-state index is 0.180. The molecule has 0 bridgehead atoms. The van der Waals surface area contributed by atoms with Gasteiger partial charge in [0, 0.05) is 38.7 Å². The maximum Gasteiger partial charge on any atom is 0.219 e. The van der Waals surface area contributed by atoms with Crippen molar-refractivity contribution < 1.29 is 9.90 Å². The average molecular weight is 284 g/mol.